The minimum atomic E-state index is -0.454. The zero-order valence-electron chi connectivity index (χ0n) is 11.2. The lowest BCUT2D eigenvalue weighted by Gasteiger charge is -2.23. The average molecular weight is 295 g/mol. The highest BCUT2D eigenvalue weighted by Gasteiger charge is 2.21. The van der Waals surface area contributed by atoms with E-state index in [1.54, 1.807) is 12.1 Å². The van der Waals surface area contributed by atoms with Gasteiger partial charge in [-0.05, 0) is 30.7 Å². The number of thioether (sulfide) groups is 1. The maximum absolute atomic E-state index is 11.5. The molecular weight excluding hydrogens is 278 g/mol. The Bertz CT molecular complexity index is 516. The van der Waals surface area contributed by atoms with Crippen LogP contribution in [0.15, 0.2) is 18.2 Å². The largest absolute Gasteiger partial charge is 0.376 e. The summed E-state index contributed by atoms with van der Waals surface area (Å²) in [5.74, 6) is 1.78. The molecule has 108 valence electrons. The van der Waals surface area contributed by atoms with Crippen molar-refractivity contribution in [3.8, 4) is 0 Å². The second-order valence-electron chi connectivity index (χ2n) is 4.63. The van der Waals surface area contributed by atoms with Crippen LogP contribution in [0.5, 0.6) is 0 Å². The summed E-state index contributed by atoms with van der Waals surface area (Å²) in [5.41, 5.74) is 0.722. The van der Waals surface area contributed by atoms with Crippen molar-refractivity contribution in [2.24, 2.45) is 0 Å². The predicted molar refractivity (Wildman–Crippen MR) is 80.5 cm³/mol. The number of carbonyl (C=O) groups is 1. The monoisotopic (exact) mass is 295 g/mol. The number of nitrogens with one attached hydrogen (secondary N) is 2. The fourth-order valence-corrected chi connectivity index (χ4v) is 3.24. The van der Waals surface area contributed by atoms with Crippen molar-refractivity contribution >= 4 is 29.0 Å². The molecule has 1 aromatic carbocycles. The van der Waals surface area contributed by atoms with Gasteiger partial charge in [-0.2, -0.15) is 11.8 Å². The molecule has 1 saturated heterocycles. The lowest BCUT2D eigenvalue weighted by molar-refractivity contribution is -0.384. The topological polar surface area (TPSA) is 84.3 Å². The highest BCUT2D eigenvalue weighted by atomic mass is 32.2. The number of nitro groups is 1. The molecule has 1 heterocycles. The second-order valence-corrected chi connectivity index (χ2v) is 5.78. The average Bonchev–Trinajstić information content (AvgIpc) is 2.47. The molecule has 1 aromatic rings. The van der Waals surface area contributed by atoms with Gasteiger partial charge in [-0.25, -0.2) is 0 Å². The normalized spacial score (nSPS) is 18.4. The molecule has 0 aliphatic carbocycles. The van der Waals surface area contributed by atoms with Crippen molar-refractivity contribution in [1.82, 2.24) is 5.32 Å². The molecule has 0 bridgehead atoms. The Hall–Kier alpha value is -1.76. The van der Waals surface area contributed by atoms with Gasteiger partial charge in [-0.15, -0.1) is 0 Å². The number of rotatable bonds is 4. The number of hydrogen-bond acceptors (Lipinski definition) is 5. The Morgan fingerprint density at radius 3 is 2.90 bits per heavy atom. The molecule has 6 nitrogen and oxygen atoms in total. The lowest BCUT2D eigenvalue weighted by atomic mass is 10.1. The predicted octanol–water partition coefficient (Wildman–Crippen LogP) is 2.26. The summed E-state index contributed by atoms with van der Waals surface area (Å²) < 4.78 is 0. The van der Waals surface area contributed by atoms with E-state index in [4.69, 9.17) is 0 Å². The number of benzene rings is 1. The first kappa shape index (κ1) is 14.6. The third-order valence-corrected chi connectivity index (χ3v) is 4.42. The molecule has 1 unspecified atom stereocenters. The Labute approximate surface area is 121 Å². The molecule has 0 radical (unpaired) electrons. The van der Waals surface area contributed by atoms with Crippen LogP contribution in [0, 0.1) is 10.1 Å². The summed E-state index contributed by atoms with van der Waals surface area (Å²) in [4.78, 5) is 22.2. The molecule has 0 saturated carbocycles. The smallest absolute Gasteiger partial charge is 0.293 e. The molecule has 1 amide bonds. The minimum absolute atomic E-state index is 0.0540. The van der Waals surface area contributed by atoms with Gasteiger partial charge in [0.15, 0.2) is 0 Å². The van der Waals surface area contributed by atoms with Crippen LogP contribution in [-0.2, 0) is 0 Å². The fraction of sp³-hybridized carbons (Fsp3) is 0.462. The Morgan fingerprint density at radius 2 is 2.30 bits per heavy atom. The number of hydrogen-bond donors (Lipinski definition) is 2. The van der Waals surface area contributed by atoms with E-state index in [0.29, 0.717) is 11.3 Å². The Balaban J connectivity index is 2.23. The molecular formula is C13H17N3O3S. The van der Waals surface area contributed by atoms with E-state index >= 15 is 0 Å². The van der Waals surface area contributed by atoms with Crippen LogP contribution in [0.3, 0.4) is 0 Å². The summed E-state index contributed by atoms with van der Waals surface area (Å²) in [6.07, 6.45) is 2.13. The first-order chi connectivity index (χ1) is 9.61. The maximum atomic E-state index is 11.5. The lowest BCUT2D eigenvalue weighted by Crippen LogP contribution is -2.26. The van der Waals surface area contributed by atoms with Crippen LogP contribution in [0.2, 0.25) is 0 Å². The third kappa shape index (κ3) is 3.41. The molecule has 7 heteroatoms. The second kappa shape index (κ2) is 6.60. The van der Waals surface area contributed by atoms with Crippen LogP contribution < -0.4 is 10.6 Å². The van der Waals surface area contributed by atoms with Gasteiger partial charge in [0.1, 0.15) is 5.69 Å². The fourth-order valence-electron chi connectivity index (χ4n) is 2.16. The van der Waals surface area contributed by atoms with E-state index in [2.05, 4.69) is 10.6 Å². The van der Waals surface area contributed by atoms with Crippen molar-refractivity contribution in [2.45, 2.75) is 18.9 Å². The summed E-state index contributed by atoms with van der Waals surface area (Å²) in [6, 6.07) is 4.78. The highest BCUT2D eigenvalue weighted by Crippen LogP contribution is 2.28. The molecule has 1 aliphatic heterocycles. The first-order valence-electron chi connectivity index (χ1n) is 6.46. The van der Waals surface area contributed by atoms with Crippen molar-refractivity contribution < 1.29 is 9.72 Å². The highest BCUT2D eigenvalue weighted by molar-refractivity contribution is 7.99. The number of anilines is 1. The minimum Gasteiger partial charge on any atom is -0.376 e. The Morgan fingerprint density at radius 1 is 1.50 bits per heavy atom. The molecule has 1 fully saturated rings. The van der Waals surface area contributed by atoms with E-state index < -0.39 is 4.92 Å². The van der Waals surface area contributed by atoms with Gasteiger partial charge in [-0.3, -0.25) is 14.9 Å². The van der Waals surface area contributed by atoms with E-state index in [9.17, 15) is 14.9 Å². The zero-order valence-corrected chi connectivity index (χ0v) is 12.0. The maximum Gasteiger partial charge on any atom is 0.293 e. The molecule has 20 heavy (non-hydrogen) atoms. The Kier molecular flexibility index (Phi) is 4.84. The molecule has 1 atom stereocenters. The number of nitrogens with zero attached hydrogens (tertiary/aromatic N) is 1. The summed E-state index contributed by atoms with van der Waals surface area (Å²) in [7, 11) is 1.50. The third-order valence-electron chi connectivity index (χ3n) is 3.20. The van der Waals surface area contributed by atoms with Gasteiger partial charge in [-0.1, -0.05) is 0 Å². The number of amides is 1. The van der Waals surface area contributed by atoms with Gasteiger partial charge in [0.05, 0.1) is 4.92 Å². The van der Waals surface area contributed by atoms with Crippen LogP contribution in [0.1, 0.15) is 23.2 Å². The molecule has 0 spiro atoms. The van der Waals surface area contributed by atoms with Gasteiger partial charge in [0.25, 0.3) is 11.6 Å². The zero-order chi connectivity index (χ0) is 14.5. The molecule has 2 rings (SSSR count). The van der Waals surface area contributed by atoms with E-state index in [1.165, 1.54) is 13.1 Å². The SMILES string of the molecule is CNC(=O)c1ccc(NC2CCCSC2)c([N+](=O)[O-])c1. The van der Waals surface area contributed by atoms with Crippen molar-refractivity contribution in [3.63, 3.8) is 0 Å². The summed E-state index contributed by atoms with van der Waals surface area (Å²) >= 11 is 1.85. The van der Waals surface area contributed by atoms with Crippen LogP contribution in [0.4, 0.5) is 11.4 Å². The van der Waals surface area contributed by atoms with Gasteiger partial charge in [0.2, 0.25) is 0 Å². The summed E-state index contributed by atoms with van der Waals surface area (Å²) in [5, 5.41) is 16.8. The van der Waals surface area contributed by atoms with E-state index in [1.807, 2.05) is 11.8 Å². The molecule has 0 aromatic heterocycles. The van der Waals surface area contributed by atoms with Crippen molar-refractivity contribution in [2.75, 3.05) is 23.9 Å². The standard InChI is InChI=1S/C13H17N3O3S/c1-14-13(17)9-4-5-11(12(7-9)16(18)19)15-10-3-2-6-20-8-10/h4-5,7,10,15H,2-3,6,8H2,1H3,(H,14,17). The van der Waals surface area contributed by atoms with Gasteiger partial charge < -0.3 is 10.6 Å². The van der Waals surface area contributed by atoms with Crippen LogP contribution in [-0.4, -0.2) is 35.4 Å². The quantitative estimate of drug-likeness (QED) is 0.657. The van der Waals surface area contributed by atoms with Crippen molar-refractivity contribution in [1.29, 1.82) is 0 Å². The molecule has 2 N–H and O–H groups in total. The van der Waals surface area contributed by atoms with Crippen molar-refractivity contribution in [3.05, 3.63) is 33.9 Å². The number of nitro benzene ring substituents is 1. The van der Waals surface area contributed by atoms with Crippen LogP contribution >= 0.6 is 11.8 Å². The first-order valence-corrected chi connectivity index (χ1v) is 7.62. The molecule has 1 aliphatic rings. The number of carbonyl (C=O) groups excluding carboxylic acids is 1. The van der Waals surface area contributed by atoms with E-state index in [0.717, 1.165) is 24.3 Å². The van der Waals surface area contributed by atoms with Gasteiger partial charge in [0, 0.05) is 30.5 Å². The summed E-state index contributed by atoms with van der Waals surface area (Å²) in [6.45, 7) is 0. The van der Waals surface area contributed by atoms with E-state index in [-0.39, 0.29) is 17.6 Å². The van der Waals surface area contributed by atoms with Gasteiger partial charge >= 0.3 is 0 Å². The van der Waals surface area contributed by atoms with Crippen LogP contribution in [0.25, 0.3) is 0 Å².